The molecule has 0 radical (unpaired) electrons. The first-order valence-corrected chi connectivity index (χ1v) is 4.69. The van der Waals surface area contributed by atoms with Crippen molar-refractivity contribution in [1.82, 2.24) is 4.98 Å². The number of alkyl halides is 1. The fourth-order valence-electron chi connectivity index (χ4n) is 0.512. The van der Waals surface area contributed by atoms with Crippen molar-refractivity contribution in [3.05, 3.63) is 27.6 Å². The number of aromatic nitrogens is 1. The van der Waals surface area contributed by atoms with Gasteiger partial charge in [0.05, 0.1) is 0 Å². The number of nitrogens with zero attached hydrogens (tertiary/aromatic N) is 1. The lowest BCUT2D eigenvalue weighted by Crippen LogP contribution is -1.83. The zero-order valence-electron chi connectivity index (χ0n) is 5.05. The van der Waals surface area contributed by atoms with Gasteiger partial charge in [0.2, 0.25) is 0 Å². The Bertz CT molecular complexity index is 205. The summed E-state index contributed by atoms with van der Waals surface area (Å²) in [4.78, 5) is 3.96. The second-order valence-corrected chi connectivity index (χ2v) is 3.32. The molecule has 0 aliphatic rings. The molecule has 0 atom stereocenters. The third-order valence-electron chi connectivity index (χ3n) is 1.00. The van der Waals surface area contributed by atoms with Crippen LogP contribution in [0.15, 0.2) is 18.5 Å². The third-order valence-corrected chi connectivity index (χ3v) is 2.58. The predicted molar refractivity (Wildman–Crippen MR) is 59.9 cm³/mol. The van der Waals surface area contributed by atoms with Crippen molar-refractivity contribution in [2.24, 2.45) is 0 Å². The fourth-order valence-corrected chi connectivity index (χ4v) is 2.06. The van der Waals surface area contributed by atoms with Crippen LogP contribution in [0.3, 0.4) is 0 Å². The van der Waals surface area contributed by atoms with E-state index in [4.69, 9.17) is 0 Å². The van der Waals surface area contributed by atoms with Gasteiger partial charge in [0, 0.05) is 21.3 Å². The van der Waals surface area contributed by atoms with Crippen molar-refractivity contribution < 1.29 is 0 Å². The third kappa shape index (κ3) is 2.84. The molecule has 1 aromatic heterocycles. The molecule has 0 N–H and O–H groups in total. The van der Waals surface area contributed by atoms with Crippen LogP contribution in [0.1, 0.15) is 5.56 Å². The highest BCUT2D eigenvalue weighted by Gasteiger charge is 1.93. The van der Waals surface area contributed by atoms with Crippen LogP contribution in [0.25, 0.3) is 0 Å². The summed E-state index contributed by atoms with van der Waals surface area (Å²) >= 11 is 5.64. The van der Waals surface area contributed by atoms with E-state index >= 15 is 0 Å². The van der Waals surface area contributed by atoms with E-state index in [1.807, 2.05) is 12.3 Å². The average Bonchev–Trinajstić information content (AvgIpc) is 1.89. The second-order valence-electron chi connectivity index (χ2n) is 1.60. The zero-order valence-corrected chi connectivity index (χ0v) is 10.5. The fraction of sp³-hybridized carbons (Fsp3) is 0.167. The molecule has 10 heavy (non-hydrogen) atoms. The summed E-state index contributed by atoms with van der Waals surface area (Å²) in [5.41, 5.74) is 1.30. The van der Waals surface area contributed by atoms with Gasteiger partial charge in [-0.05, 0) is 34.2 Å². The van der Waals surface area contributed by atoms with E-state index in [0.29, 0.717) is 0 Å². The summed E-state index contributed by atoms with van der Waals surface area (Å²) in [7, 11) is 0. The second kappa shape index (κ2) is 5.49. The molecule has 0 aliphatic heterocycles. The molecule has 1 rings (SSSR count). The summed E-state index contributed by atoms with van der Waals surface area (Å²) in [6.45, 7) is 0. The van der Waals surface area contributed by atoms with Crippen molar-refractivity contribution in [2.75, 3.05) is 0 Å². The molecule has 0 aromatic carbocycles. The molecule has 0 aliphatic carbocycles. The van der Waals surface area contributed by atoms with Crippen molar-refractivity contribution in [1.29, 1.82) is 0 Å². The first kappa shape index (κ1) is 10.8. The highest BCUT2D eigenvalue weighted by molar-refractivity contribution is 14.1. The summed E-state index contributed by atoms with van der Waals surface area (Å²) in [6.07, 6.45) is 3.66. The molecule has 1 heterocycles. The van der Waals surface area contributed by atoms with E-state index in [1.165, 1.54) is 9.13 Å². The van der Waals surface area contributed by atoms with E-state index < -0.39 is 0 Å². The number of pyridine rings is 1. The van der Waals surface area contributed by atoms with Crippen molar-refractivity contribution >= 4 is 55.5 Å². The van der Waals surface area contributed by atoms with Crippen LogP contribution in [-0.4, -0.2) is 4.98 Å². The predicted octanol–water partition coefficient (Wildman–Crippen LogP) is 3.16. The maximum Gasteiger partial charge on any atom is 0.0404 e. The number of rotatable bonds is 1. The lowest BCUT2D eigenvalue weighted by molar-refractivity contribution is 1.25. The Hall–Kier alpha value is 0.840. The van der Waals surface area contributed by atoms with Gasteiger partial charge in [-0.1, -0.05) is 15.9 Å². The van der Waals surface area contributed by atoms with Crippen molar-refractivity contribution in [2.45, 2.75) is 5.33 Å². The zero-order chi connectivity index (χ0) is 6.69. The van der Waals surface area contributed by atoms with Crippen LogP contribution in [0.4, 0.5) is 0 Å². The Morgan fingerprint density at radius 3 is 2.70 bits per heavy atom. The van der Waals surface area contributed by atoms with Crippen LogP contribution in [0, 0.1) is 3.57 Å². The normalized spacial score (nSPS) is 8.60. The summed E-state index contributed by atoms with van der Waals surface area (Å²) in [5.74, 6) is 0. The molecule has 56 valence electrons. The van der Waals surface area contributed by atoms with Crippen LogP contribution in [-0.2, 0) is 5.33 Å². The van der Waals surface area contributed by atoms with E-state index in [0.717, 1.165) is 5.33 Å². The number of hydrogen-bond donors (Lipinski definition) is 0. The Morgan fingerprint density at radius 2 is 2.30 bits per heavy atom. The standard InChI is InChI=1S/C6H5BrIN.BrH/c7-3-5-1-2-9-4-6(5)8;/h1-2,4H,3H2;1H. The van der Waals surface area contributed by atoms with Crippen LogP contribution >= 0.6 is 55.5 Å². The molecule has 0 amide bonds. The van der Waals surface area contributed by atoms with E-state index in [-0.39, 0.29) is 17.0 Å². The van der Waals surface area contributed by atoms with Crippen molar-refractivity contribution in [3.8, 4) is 0 Å². The largest absolute Gasteiger partial charge is 0.264 e. The smallest absolute Gasteiger partial charge is 0.0404 e. The molecule has 0 saturated carbocycles. The Balaban J connectivity index is 0.000000810. The van der Waals surface area contributed by atoms with Crippen LogP contribution in [0.5, 0.6) is 0 Å². The van der Waals surface area contributed by atoms with E-state index in [1.54, 1.807) is 6.20 Å². The van der Waals surface area contributed by atoms with E-state index in [9.17, 15) is 0 Å². The monoisotopic (exact) mass is 377 g/mol. The van der Waals surface area contributed by atoms with Crippen LogP contribution < -0.4 is 0 Å². The van der Waals surface area contributed by atoms with Gasteiger partial charge < -0.3 is 0 Å². The van der Waals surface area contributed by atoms with Crippen LogP contribution in [0.2, 0.25) is 0 Å². The van der Waals surface area contributed by atoms with Gasteiger partial charge in [-0.3, -0.25) is 4.98 Å². The quantitative estimate of drug-likeness (QED) is 0.540. The van der Waals surface area contributed by atoms with Gasteiger partial charge in [-0.15, -0.1) is 17.0 Å². The molecule has 0 bridgehead atoms. The minimum Gasteiger partial charge on any atom is -0.264 e. The van der Waals surface area contributed by atoms with Gasteiger partial charge in [-0.25, -0.2) is 0 Å². The topological polar surface area (TPSA) is 12.9 Å². The highest BCUT2D eigenvalue weighted by Crippen LogP contribution is 2.12. The summed E-state index contributed by atoms with van der Waals surface area (Å²) in [6, 6.07) is 2.01. The van der Waals surface area contributed by atoms with Gasteiger partial charge in [-0.2, -0.15) is 0 Å². The Labute approximate surface area is 92.7 Å². The lowest BCUT2D eigenvalue weighted by atomic mass is 10.3. The molecule has 0 saturated heterocycles. The average molecular weight is 379 g/mol. The lowest BCUT2D eigenvalue weighted by Gasteiger charge is -1.95. The van der Waals surface area contributed by atoms with Gasteiger partial charge in [0.15, 0.2) is 0 Å². The Kier molecular flexibility index (Phi) is 5.95. The van der Waals surface area contributed by atoms with Gasteiger partial charge in [0.25, 0.3) is 0 Å². The molecule has 1 aromatic rings. The summed E-state index contributed by atoms with van der Waals surface area (Å²) in [5, 5.41) is 0.911. The highest BCUT2D eigenvalue weighted by atomic mass is 127. The molecular formula is C6H6Br2IN. The molecule has 0 unspecified atom stereocenters. The number of halogens is 3. The first-order chi connectivity index (χ1) is 4.34. The first-order valence-electron chi connectivity index (χ1n) is 2.49. The SMILES string of the molecule is Br.BrCc1ccncc1I. The molecule has 4 heteroatoms. The molecular weight excluding hydrogens is 373 g/mol. The maximum atomic E-state index is 3.96. The molecule has 0 spiro atoms. The minimum absolute atomic E-state index is 0. The number of hydrogen-bond acceptors (Lipinski definition) is 1. The minimum atomic E-state index is 0. The van der Waals surface area contributed by atoms with Gasteiger partial charge in [0.1, 0.15) is 0 Å². The van der Waals surface area contributed by atoms with E-state index in [2.05, 4.69) is 43.5 Å². The molecule has 0 fully saturated rings. The summed E-state index contributed by atoms with van der Waals surface area (Å²) < 4.78 is 1.21. The Morgan fingerprint density at radius 1 is 1.60 bits per heavy atom. The van der Waals surface area contributed by atoms with Gasteiger partial charge >= 0.3 is 0 Å². The maximum absolute atomic E-state index is 3.96. The van der Waals surface area contributed by atoms with Crippen molar-refractivity contribution in [3.63, 3.8) is 0 Å². The molecule has 1 nitrogen and oxygen atoms in total.